The Labute approximate surface area is 167 Å². The van der Waals surface area contributed by atoms with Crippen LogP contribution in [0.15, 0.2) is 34.0 Å². The van der Waals surface area contributed by atoms with Crippen LogP contribution < -0.4 is 26.5 Å². The number of tetrazole rings is 1. The van der Waals surface area contributed by atoms with Gasteiger partial charge in [-0.2, -0.15) is 4.80 Å². The Morgan fingerprint density at radius 3 is 2.83 bits per heavy atom. The number of fused-ring (bicyclic) bond motifs is 1. The first-order chi connectivity index (χ1) is 14.3. The molecule has 13 heteroatoms. The highest BCUT2D eigenvalue weighted by molar-refractivity contribution is 5.92. The second-order valence-electron chi connectivity index (χ2n) is 6.57. The molecule has 1 atom stereocenters. The molecule has 30 heavy (non-hydrogen) atoms. The molecule has 4 rings (SSSR count). The standard InChI is InChI=1S/C17H17N7O6/c1-22-16(27)10(15(18)26)5-23(17(22)28)7-14-19-21-24(20-14)6-11(25)9-2-3-12-13(4-9)30-8-29-12/h2-5,11,25H,6-8H2,1H3,(H2,18,26)/t11-/m0/s1. The zero-order chi connectivity index (χ0) is 21.4. The number of carbonyl (C=O) groups is 1. The molecule has 3 aromatic rings. The van der Waals surface area contributed by atoms with E-state index in [9.17, 15) is 19.5 Å². The molecular formula is C17H17N7O6. The van der Waals surface area contributed by atoms with E-state index in [2.05, 4.69) is 15.4 Å². The highest BCUT2D eigenvalue weighted by atomic mass is 16.7. The Hall–Kier alpha value is -4.00. The fourth-order valence-electron chi connectivity index (χ4n) is 2.96. The normalized spacial score (nSPS) is 13.4. The zero-order valence-electron chi connectivity index (χ0n) is 15.8. The maximum atomic E-state index is 12.3. The minimum atomic E-state index is -0.951. The van der Waals surface area contributed by atoms with Crippen LogP contribution in [-0.2, 0) is 20.1 Å². The van der Waals surface area contributed by atoms with E-state index >= 15 is 0 Å². The first-order valence-electron chi connectivity index (χ1n) is 8.78. The fraction of sp³-hybridized carbons (Fsp3) is 0.294. The highest BCUT2D eigenvalue weighted by Gasteiger charge is 2.19. The molecule has 2 aromatic heterocycles. The number of carbonyl (C=O) groups excluding carboxylic acids is 1. The van der Waals surface area contributed by atoms with Gasteiger partial charge in [-0.25, -0.2) is 4.79 Å². The summed E-state index contributed by atoms with van der Waals surface area (Å²) in [5.74, 6) is 0.333. The molecule has 0 saturated heterocycles. The van der Waals surface area contributed by atoms with Gasteiger partial charge in [0, 0.05) is 13.2 Å². The van der Waals surface area contributed by atoms with Crippen LogP contribution in [0.1, 0.15) is 27.8 Å². The van der Waals surface area contributed by atoms with Crippen molar-refractivity contribution in [1.29, 1.82) is 0 Å². The quantitative estimate of drug-likeness (QED) is 0.469. The van der Waals surface area contributed by atoms with Gasteiger partial charge in [0.2, 0.25) is 6.79 Å². The number of benzene rings is 1. The number of nitrogens with two attached hydrogens (primary N) is 1. The van der Waals surface area contributed by atoms with E-state index in [1.165, 1.54) is 11.8 Å². The number of rotatable bonds is 6. The molecule has 0 spiro atoms. The van der Waals surface area contributed by atoms with Crippen LogP contribution >= 0.6 is 0 Å². The SMILES string of the molecule is Cn1c(=O)c(C(N)=O)cn(Cc2nnn(C[C@H](O)c3ccc4c(c3)OCO4)n2)c1=O. The van der Waals surface area contributed by atoms with Gasteiger partial charge in [-0.05, 0) is 22.9 Å². The molecule has 0 bridgehead atoms. The van der Waals surface area contributed by atoms with Crippen LogP contribution in [0.4, 0.5) is 0 Å². The average molecular weight is 415 g/mol. The number of primary amides is 1. The summed E-state index contributed by atoms with van der Waals surface area (Å²) in [6, 6.07) is 5.06. The number of hydrogen-bond donors (Lipinski definition) is 2. The van der Waals surface area contributed by atoms with E-state index in [4.69, 9.17) is 15.2 Å². The Morgan fingerprint density at radius 1 is 1.30 bits per heavy atom. The minimum Gasteiger partial charge on any atom is -0.454 e. The van der Waals surface area contributed by atoms with Crippen molar-refractivity contribution in [2.45, 2.75) is 19.2 Å². The van der Waals surface area contributed by atoms with Gasteiger partial charge in [-0.3, -0.25) is 18.7 Å². The van der Waals surface area contributed by atoms with E-state index in [1.807, 2.05) is 0 Å². The van der Waals surface area contributed by atoms with Crippen LogP contribution in [0, 0.1) is 0 Å². The lowest BCUT2D eigenvalue weighted by Crippen LogP contribution is -2.42. The van der Waals surface area contributed by atoms with E-state index in [1.54, 1.807) is 18.2 Å². The number of aliphatic hydroxyl groups excluding tert-OH is 1. The Balaban J connectivity index is 1.52. The van der Waals surface area contributed by atoms with Crippen molar-refractivity contribution in [3.8, 4) is 11.5 Å². The van der Waals surface area contributed by atoms with E-state index in [-0.39, 0.29) is 31.3 Å². The molecule has 0 fully saturated rings. The summed E-state index contributed by atoms with van der Waals surface area (Å²) in [4.78, 5) is 36.8. The van der Waals surface area contributed by atoms with Gasteiger partial charge in [0.1, 0.15) is 11.7 Å². The Bertz CT molecular complexity index is 1240. The highest BCUT2D eigenvalue weighted by Crippen LogP contribution is 2.34. The van der Waals surface area contributed by atoms with Gasteiger partial charge in [0.25, 0.3) is 11.5 Å². The third kappa shape index (κ3) is 3.53. The first kappa shape index (κ1) is 19.3. The lowest BCUT2D eigenvalue weighted by molar-refractivity contribution is 0.0997. The van der Waals surface area contributed by atoms with Crippen LogP contribution in [0.2, 0.25) is 0 Å². The Kier molecular flexibility index (Phi) is 4.79. The van der Waals surface area contributed by atoms with E-state index in [0.29, 0.717) is 17.1 Å². The molecule has 1 aliphatic rings. The molecule has 0 unspecified atom stereocenters. The maximum absolute atomic E-state index is 12.3. The number of aromatic nitrogens is 6. The summed E-state index contributed by atoms with van der Waals surface area (Å²) in [5.41, 5.74) is 3.99. The van der Waals surface area contributed by atoms with Crippen molar-refractivity contribution in [1.82, 2.24) is 29.3 Å². The van der Waals surface area contributed by atoms with Gasteiger partial charge in [0.15, 0.2) is 17.3 Å². The number of ether oxygens (including phenoxy) is 2. The smallest absolute Gasteiger partial charge is 0.331 e. The summed E-state index contributed by atoms with van der Waals surface area (Å²) in [6.07, 6.45) is 0.123. The second kappa shape index (κ2) is 7.44. The zero-order valence-corrected chi connectivity index (χ0v) is 15.8. The third-order valence-electron chi connectivity index (χ3n) is 4.54. The van der Waals surface area contributed by atoms with Crippen LogP contribution in [0.5, 0.6) is 11.5 Å². The van der Waals surface area contributed by atoms with Gasteiger partial charge >= 0.3 is 5.69 Å². The molecule has 1 aliphatic heterocycles. The summed E-state index contributed by atoms with van der Waals surface area (Å²) in [7, 11) is 1.24. The summed E-state index contributed by atoms with van der Waals surface area (Å²) >= 11 is 0. The monoisotopic (exact) mass is 415 g/mol. The third-order valence-corrected chi connectivity index (χ3v) is 4.54. The van der Waals surface area contributed by atoms with E-state index in [0.717, 1.165) is 15.3 Å². The maximum Gasteiger partial charge on any atom is 0.331 e. The van der Waals surface area contributed by atoms with Crippen LogP contribution in [0.25, 0.3) is 0 Å². The topological polar surface area (TPSA) is 169 Å². The van der Waals surface area contributed by atoms with Gasteiger partial charge in [0.05, 0.1) is 13.1 Å². The largest absolute Gasteiger partial charge is 0.454 e. The number of nitrogens with zero attached hydrogens (tertiary/aromatic N) is 6. The van der Waals surface area contributed by atoms with Crippen molar-refractivity contribution in [2.75, 3.05) is 6.79 Å². The van der Waals surface area contributed by atoms with Gasteiger partial charge < -0.3 is 20.3 Å². The van der Waals surface area contributed by atoms with Crippen molar-refractivity contribution in [3.63, 3.8) is 0 Å². The van der Waals surface area contributed by atoms with Crippen LogP contribution in [0.3, 0.4) is 0 Å². The summed E-state index contributed by atoms with van der Waals surface area (Å²) < 4.78 is 12.4. The lowest BCUT2D eigenvalue weighted by Gasteiger charge is -2.10. The molecule has 3 heterocycles. The molecule has 156 valence electrons. The predicted molar refractivity (Wildman–Crippen MR) is 98.9 cm³/mol. The van der Waals surface area contributed by atoms with Crippen molar-refractivity contribution < 1.29 is 19.4 Å². The van der Waals surface area contributed by atoms with Crippen molar-refractivity contribution in [2.24, 2.45) is 12.8 Å². The molecule has 0 saturated carbocycles. The molecule has 1 aromatic carbocycles. The molecule has 1 amide bonds. The van der Waals surface area contributed by atoms with Crippen LogP contribution in [-0.4, -0.2) is 47.1 Å². The number of aliphatic hydroxyl groups is 1. The molecule has 13 nitrogen and oxygen atoms in total. The summed E-state index contributed by atoms with van der Waals surface area (Å²) in [5, 5.41) is 22.3. The average Bonchev–Trinajstić information content (AvgIpc) is 3.36. The Morgan fingerprint density at radius 2 is 2.07 bits per heavy atom. The molecule has 0 radical (unpaired) electrons. The lowest BCUT2D eigenvalue weighted by atomic mass is 10.1. The minimum absolute atomic E-state index is 0.00134. The van der Waals surface area contributed by atoms with Crippen molar-refractivity contribution in [3.05, 3.63) is 62.2 Å². The van der Waals surface area contributed by atoms with Crippen molar-refractivity contribution >= 4 is 5.91 Å². The summed E-state index contributed by atoms with van der Waals surface area (Å²) in [6.45, 7) is -0.0144. The number of hydrogen-bond acceptors (Lipinski definition) is 9. The molecule has 0 aliphatic carbocycles. The predicted octanol–water partition coefficient (Wildman–Crippen LogP) is -1.86. The van der Waals surface area contributed by atoms with Gasteiger partial charge in [-0.1, -0.05) is 6.07 Å². The number of amides is 1. The van der Waals surface area contributed by atoms with Gasteiger partial charge in [-0.15, -0.1) is 10.2 Å². The molecule has 3 N–H and O–H groups in total. The van der Waals surface area contributed by atoms with E-state index < -0.39 is 23.3 Å². The molecular weight excluding hydrogens is 398 g/mol. The fourth-order valence-corrected chi connectivity index (χ4v) is 2.96. The second-order valence-corrected chi connectivity index (χ2v) is 6.57. The first-order valence-corrected chi connectivity index (χ1v) is 8.78.